The fraction of sp³-hybridized carbons (Fsp3) is 1.00. The Kier molecular flexibility index (Phi) is 3.54. The van der Waals surface area contributed by atoms with Crippen LogP contribution in [0.4, 0.5) is 0 Å². The van der Waals surface area contributed by atoms with Gasteiger partial charge >= 0.3 is 0 Å². The fourth-order valence-corrected chi connectivity index (χ4v) is 4.42. The van der Waals surface area contributed by atoms with Crippen LogP contribution in [0.1, 0.15) is 34.1 Å². The third-order valence-corrected chi connectivity index (χ3v) is 4.61. The Balaban J connectivity index is 2.29. The SMILES string of the molecule is CN1CC(C)(C)CN(C)C2C1CC(C)(C)CN2C. The van der Waals surface area contributed by atoms with Crippen LogP contribution in [0.5, 0.6) is 0 Å². The van der Waals surface area contributed by atoms with Crippen LogP contribution in [-0.4, -0.2) is 67.7 Å². The maximum Gasteiger partial charge on any atom is 0.0778 e. The molecule has 0 aromatic rings. The van der Waals surface area contributed by atoms with Crippen LogP contribution < -0.4 is 0 Å². The van der Waals surface area contributed by atoms with E-state index < -0.39 is 0 Å². The van der Waals surface area contributed by atoms with Crippen molar-refractivity contribution in [3.63, 3.8) is 0 Å². The van der Waals surface area contributed by atoms with E-state index in [0.717, 1.165) is 0 Å². The lowest BCUT2D eigenvalue weighted by molar-refractivity contribution is -0.0474. The minimum atomic E-state index is 0.381. The molecule has 0 saturated carbocycles. The summed E-state index contributed by atoms with van der Waals surface area (Å²) in [4.78, 5) is 7.74. The van der Waals surface area contributed by atoms with Gasteiger partial charge in [-0.05, 0) is 38.4 Å². The molecule has 2 atom stereocenters. The predicted molar refractivity (Wildman–Crippen MR) is 77.6 cm³/mol. The van der Waals surface area contributed by atoms with Gasteiger partial charge in [0.1, 0.15) is 0 Å². The smallest absolute Gasteiger partial charge is 0.0778 e. The van der Waals surface area contributed by atoms with Crippen LogP contribution in [0, 0.1) is 10.8 Å². The topological polar surface area (TPSA) is 9.72 Å². The molecule has 2 fully saturated rings. The van der Waals surface area contributed by atoms with Gasteiger partial charge in [-0.1, -0.05) is 27.7 Å². The van der Waals surface area contributed by atoms with Crippen molar-refractivity contribution < 1.29 is 0 Å². The van der Waals surface area contributed by atoms with Gasteiger partial charge in [0.2, 0.25) is 0 Å². The maximum absolute atomic E-state index is 2.60. The summed E-state index contributed by atoms with van der Waals surface area (Å²) in [7, 11) is 6.91. The molecule has 18 heavy (non-hydrogen) atoms. The van der Waals surface area contributed by atoms with E-state index in [9.17, 15) is 0 Å². The van der Waals surface area contributed by atoms with Crippen molar-refractivity contribution in [3.8, 4) is 0 Å². The lowest BCUT2D eigenvalue weighted by atomic mass is 9.79. The molecule has 2 heterocycles. The van der Waals surface area contributed by atoms with Crippen molar-refractivity contribution >= 4 is 0 Å². The predicted octanol–water partition coefficient (Wildman–Crippen LogP) is 1.95. The Morgan fingerprint density at radius 1 is 0.722 bits per heavy atom. The van der Waals surface area contributed by atoms with Gasteiger partial charge in [0, 0.05) is 25.7 Å². The number of rotatable bonds is 0. The highest BCUT2D eigenvalue weighted by Crippen LogP contribution is 2.38. The molecule has 2 saturated heterocycles. The Bertz CT molecular complexity index is 311. The van der Waals surface area contributed by atoms with Crippen molar-refractivity contribution in [2.45, 2.75) is 46.3 Å². The van der Waals surface area contributed by atoms with Gasteiger partial charge in [-0.25, -0.2) is 0 Å². The Hall–Kier alpha value is -0.120. The summed E-state index contributed by atoms with van der Waals surface area (Å²) in [6, 6.07) is 0.658. The molecule has 3 heteroatoms. The summed E-state index contributed by atoms with van der Waals surface area (Å²) in [6.07, 6.45) is 1.88. The van der Waals surface area contributed by atoms with Gasteiger partial charge < -0.3 is 0 Å². The fourth-order valence-electron chi connectivity index (χ4n) is 4.42. The van der Waals surface area contributed by atoms with Crippen LogP contribution in [-0.2, 0) is 0 Å². The number of hydrogen-bond acceptors (Lipinski definition) is 3. The molecule has 2 unspecified atom stereocenters. The minimum absolute atomic E-state index is 0.381. The molecule has 0 spiro atoms. The molecule has 106 valence electrons. The van der Waals surface area contributed by atoms with Gasteiger partial charge in [-0.3, -0.25) is 14.7 Å². The molecule has 2 aliphatic heterocycles. The van der Waals surface area contributed by atoms with E-state index in [1.807, 2.05) is 0 Å². The Morgan fingerprint density at radius 3 is 1.72 bits per heavy atom. The molecule has 0 radical (unpaired) electrons. The van der Waals surface area contributed by atoms with E-state index in [4.69, 9.17) is 0 Å². The van der Waals surface area contributed by atoms with E-state index in [2.05, 4.69) is 63.5 Å². The van der Waals surface area contributed by atoms with Gasteiger partial charge in [0.15, 0.2) is 0 Å². The first-order valence-corrected chi connectivity index (χ1v) is 7.22. The van der Waals surface area contributed by atoms with Crippen molar-refractivity contribution in [1.82, 2.24) is 14.7 Å². The highest BCUT2D eigenvalue weighted by molar-refractivity contribution is 4.98. The molecule has 0 aromatic carbocycles. The second kappa shape index (κ2) is 4.46. The first-order chi connectivity index (χ1) is 8.11. The van der Waals surface area contributed by atoms with Crippen LogP contribution in [0.3, 0.4) is 0 Å². The summed E-state index contributed by atoms with van der Waals surface area (Å²) < 4.78 is 0. The summed E-state index contributed by atoms with van der Waals surface area (Å²) in [5.41, 5.74) is 0.811. The second-order valence-electron chi connectivity index (χ2n) is 8.26. The van der Waals surface area contributed by atoms with Gasteiger partial charge in [0.25, 0.3) is 0 Å². The standard InChI is InChI=1S/C15H31N3/c1-14(2)8-12-13(17(6)9-14)18(7)11-15(3,4)10-16(12)5/h12-13H,8-11H2,1-7H3. The lowest BCUT2D eigenvalue weighted by Crippen LogP contribution is -2.62. The number of hydrogen-bond donors (Lipinski definition) is 0. The van der Waals surface area contributed by atoms with Crippen LogP contribution in [0.15, 0.2) is 0 Å². The molecule has 2 aliphatic rings. The van der Waals surface area contributed by atoms with Gasteiger partial charge in [0.05, 0.1) is 6.17 Å². The van der Waals surface area contributed by atoms with E-state index >= 15 is 0 Å². The Morgan fingerprint density at radius 2 is 1.17 bits per heavy atom. The van der Waals surface area contributed by atoms with E-state index in [1.54, 1.807) is 0 Å². The van der Waals surface area contributed by atoms with Crippen LogP contribution in [0.25, 0.3) is 0 Å². The zero-order valence-corrected chi connectivity index (χ0v) is 13.3. The molecule has 0 N–H and O–H groups in total. The maximum atomic E-state index is 2.60. The highest BCUT2D eigenvalue weighted by atomic mass is 15.4. The van der Waals surface area contributed by atoms with Crippen LogP contribution >= 0.6 is 0 Å². The molecule has 0 aromatic heterocycles. The number of likely N-dealkylation sites (N-methyl/N-ethyl adjacent to an activating group) is 3. The van der Waals surface area contributed by atoms with E-state index in [0.29, 0.717) is 23.0 Å². The van der Waals surface area contributed by atoms with Crippen LogP contribution in [0.2, 0.25) is 0 Å². The van der Waals surface area contributed by atoms with Crippen molar-refractivity contribution in [3.05, 3.63) is 0 Å². The van der Waals surface area contributed by atoms with Crippen molar-refractivity contribution in [2.75, 3.05) is 40.8 Å². The van der Waals surface area contributed by atoms with Gasteiger partial charge in [-0.2, -0.15) is 0 Å². The molecule has 0 amide bonds. The third kappa shape index (κ3) is 2.73. The number of fused-ring (bicyclic) bond motifs is 1. The third-order valence-electron chi connectivity index (χ3n) is 4.61. The largest absolute Gasteiger partial charge is 0.300 e. The average molecular weight is 253 g/mol. The minimum Gasteiger partial charge on any atom is -0.300 e. The molecule has 0 bridgehead atoms. The number of nitrogens with zero attached hydrogens (tertiary/aromatic N) is 3. The zero-order valence-electron chi connectivity index (χ0n) is 13.3. The lowest BCUT2D eigenvalue weighted by Gasteiger charge is -2.51. The highest BCUT2D eigenvalue weighted by Gasteiger charge is 2.45. The first kappa shape index (κ1) is 14.3. The Labute approximate surface area is 113 Å². The number of piperidine rings is 1. The van der Waals surface area contributed by atoms with E-state index in [-0.39, 0.29) is 0 Å². The summed E-state index contributed by atoms with van der Waals surface area (Å²) in [5.74, 6) is 0. The summed E-state index contributed by atoms with van der Waals surface area (Å²) >= 11 is 0. The van der Waals surface area contributed by atoms with Gasteiger partial charge in [-0.15, -0.1) is 0 Å². The number of likely N-dealkylation sites (tertiary alicyclic amines) is 1. The molecular weight excluding hydrogens is 222 g/mol. The summed E-state index contributed by atoms with van der Waals surface area (Å²) in [5, 5.41) is 0. The monoisotopic (exact) mass is 253 g/mol. The average Bonchev–Trinajstić information content (AvgIpc) is 2.18. The molecule has 0 aliphatic carbocycles. The zero-order chi connectivity index (χ0) is 13.7. The second-order valence-corrected chi connectivity index (χ2v) is 8.26. The first-order valence-electron chi connectivity index (χ1n) is 7.22. The normalized spacial score (nSPS) is 38.2. The van der Waals surface area contributed by atoms with Crippen molar-refractivity contribution in [2.24, 2.45) is 10.8 Å². The van der Waals surface area contributed by atoms with Crippen molar-refractivity contribution in [1.29, 1.82) is 0 Å². The summed E-state index contributed by atoms with van der Waals surface area (Å²) in [6.45, 7) is 13.2. The molecule has 2 rings (SSSR count). The molecule has 3 nitrogen and oxygen atoms in total. The van der Waals surface area contributed by atoms with E-state index in [1.165, 1.54) is 26.1 Å². The molecular formula is C15H31N3. The quantitative estimate of drug-likeness (QED) is 0.653.